The van der Waals surface area contributed by atoms with Gasteiger partial charge in [0.1, 0.15) is 11.2 Å². The molecule has 286 valence electrons. The number of nitrogens with zero attached hydrogens (tertiary/aromatic N) is 1. The van der Waals surface area contributed by atoms with E-state index in [1.807, 2.05) is 11.3 Å². The number of hydrogen-bond donors (Lipinski definition) is 0. The molecule has 0 N–H and O–H groups in total. The van der Waals surface area contributed by atoms with E-state index in [9.17, 15) is 0 Å². The van der Waals surface area contributed by atoms with Gasteiger partial charge in [0.15, 0.2) is 0 Å². The second kappa shape index (κ2) is 14.5. The van der Waals surface area contributed by atoms with Crippen molar-refractivity contribution >= 4 is 81.3 Å². The van der Waals surface area contributed by atoms with E-state index in [1.165, 1.54) is 64.5 Å². The summed E-state index contributed by atoms with van der Waals surface area (Å²) in [7, 11) is 0. The summed E-state index contributed by atoms with van der Waals surface area (Å²) >= 11 is 1.87. The Hall–Kier alpha value is -7.72. The molecule has 2 heterocycles. The van der Waals surface area contributed by atoms with Crippen molar-refractivity contribution in [3.05, 3.63) is 224 Å². The average Bonchev–Trinajstić information content (AvgIpc) is 3.92. The molecule has 0 spiro atoms. The number of hydrogen-bond acceptors (Lipinski definition) is 3. The number of rotatable bonds is 7. The maximum Gasteiger partial charge on any atom is 0.143 e. The first-order valence-corrected chi connectivity index (χ1v) is 21.6. The standard InChI is InChI=1S/C58H37NOS/c1-3-13-39(14-4-1)46-35-30-43(37-52(46)40-15-5-2-6-16-40)38-25-31-44(32-26-38)59(53-22-12-23-54-56(53)51-36-29-41-17-7-8-18-47(41)57(51)60-54)45-33-27-42(28-34-45)48-20-11-21-50-49-19-9-10-24-55(49)61-58(48)50/h1-37H. The summed E-state index contributed by atoms with van der Waals surface area (Å²) in [6.07, 6.45) is 0. The molecule has 0 radical (unpaired) electrons. The lowest BCUT2D eigenvalue weighted by molar-refractivity contribution is 0.672. The highest BCUT2D eigenvalue weighted by molar-refractivity contribution is 7.26. The van der Waals surface area contributed by atoms with E-state index >= 15 is 0 Å². The lowest BCUT2D eigenvalue weighted by Crippen LogP contribution is -2.10. The van der Waals surface area contributed by atoms with Crippen LogP contribution in [-0.4, -0.2) is 0 Å². The highest BCUT2D eigenvalue weighted by Gasteiger charge is 2.21. The van der Waals surface area contributed by atoms with Crippen LogP contribution in [0.15, 0.2) is 229 Å². The summed E-state index contributed by atoms with van der Waals surface area (Å²) in [6.45, 7) is 0. The van der Waals surface area contributed by atoms with Crippen molar-refractivity contribution in [1.29, 1.82) is 0 Å². The molecular formula is C58H37NOS. The van der Waals surface area contributed by atoms with Crippen molar-refractivity contribution in [2.45, 2.75) is 0 Å². The molecule has 0 aliphatic carbocycles. The van der Waals surface area contributed by atoms with Gasteiger partial charge in [-0.25, -0.2) is 0 Å². The first kappa shape index (κ1) is 35.2. The van der Waals surface area contributed by atoms with Crippen LogP contribution in [0.2, 0.25) is 0 Å². The van der Waals surface area contributed by atoms with Crippen LogP contribution in [0.1, 0.15) is 0 Å². The summed E-state index contributed by atoms with van der Waals surface area (Å²) in [6, 6.07) is 81.0. The summed E-state index contributed by atoms with van der Waals surface area (Å²) in [4.78, 5) is 2.38. The molecule has 10 aromatic carbocycles. The molecule has 0 fully saturated rings. The summed E-state index contributed by atoms with van der Waals surface area (Å²) < 4.78 is 9.34. The van der Waals surface area contributed by atoms with Gasteiger partial charge in [-0.1, -0.05) is 170 Å². The second-order valence-corrected chi connectivity index (χ2v) is 16.7. The summed E-state index contributed by atoms with van der Waals surface area (Å²) in [5.74, 6) is 0. The smallest absolute Gasteiger partial charge is 0.143 e. The fraction of sp³-hybridized carbons (Fsp3) is 0. The van der Waals surface area contributed by atoms with Crippen LogP contribution in [0.5, 0.6) is 0 Å². The zero-order valence-corrected chi connectivity index (χ0v) is 33.9. The molecule has 3 heteroatoms. The van der Waals surface area contributed by atoms with E-state index in [2.05, 4.69) is 229 Å². The van der Waals surface area contributed by atoms with Gasteiger partial charge in [-0.05, 0) is 104 Å². The third kappa shape index (κ3) is 6.01. The molecule has 2 nitrogen and oxygen atoms in total. The van der Waals surface area contributed by atoms with E-state index < -0.39 is 0 Å². The maximum absolute atomic E-state index is 6.71. The Morgan fingerprint density at radius 2 is 0.967 bits per heavy atom. The van der Waals surface area contributed by atoms with Crippen molar-refractivity contribution < 1.29 is 4.42 Å². The molecule has 0 saturated carbocycles. The molecular weight excluding hydrogens is 759 g/mol. The van der Waals surface area contributed by atoms with Crippen molar-refractivity contribution in [3.8, 4) is 44.5 Å². The largest absolute Gasteiger partial charge is 0.455 e. The minimum absolute atomic E-state index is 0.866. The predicted octanol–water partition coefficient (Wildman–Crippen LogP) is 17.2. The third-order valence-corrected chi connectivity index (χ3v) is 13.3. The van der Waals surface area contributed by atoms with Gasteiger partial charge in [-0.3, -0.25) is 0 Å². The van der Waals surface area contributed by atoms with Crippen LogP contribution in [0.25, 0.3) is 97.4 Å². The topological polar surface area (TPSA) is 16.4 Å². The number of benzene rings is 10. The zero-order valence-electron chi connectivity index (χ0n) is 33.1. The monoisotopic (exact) mass is 795 g/mol. The van der Waals surface area contributed by atoms with Gasteiger partial charge in [0, 0.05) is 42.3 Å². The van der Waals surface area contributed by atoms with E-state index in [0.29, 0.717) is 0 Å². The predicted molar refractivity (Wildman–Crippen MR) is 261 cm³/mol. The maximum atomic E-state index is 6.71. The van der Waals surface area contributed by atoms with Gasteiger partial charge in [0.2, 0.25) is 0 Å². The molecule has 0 aliphatic heterocycles. The number of fused-ring (bicyclic) bond motifs is 8. The van der Waals surface area contributed by atoms with Gasteiger partial charge >= 0.3 is 0 Å². The van der Waals surface area contributed by atoms with E-state index in [-0.39, 0.29) is 0 Å². The molecule has 61 heavy (non-hydrogen) atoms. The highest BCUT2D eigenvalue weighted by Crippen LogP contribution is 2.46. The Labute approximate surface area is 357 Å². The SMILES string of the molecule is c1ccc(-c2ccc(-c3ccc(N(c4ccc(-c5cccc6c5sc5ccccc56)cc4)c4cccc5oc6c7ccccc7ccc6c45)cc3)cc2-c2ccccc2)cc1. The van der Waals surface area contributed by atoms with Crippen molar-refractivity contribution in [2.24, 2.45) is 0 Å². The lowest BCUT2D eigenvalue weighted by Gasteiger charge is -2.27. The molecule has 0 saturated heterocycles. The minimum Gasteiger partial charge on any atom is -0.455 e. The number of thiophene rings is 1. The van der Waals surface area contributed by atoms with E-state index in [0.717, 1.165) is 50.0 Å². The molecule has 12 rings (SSSR count). The number of furan rings is 1. The van der Waals surface area contributed by atoms with Crippen LogP contribution in [0.3, 0.4) is 0 Å². The molecule has 0 unspecified atom stereocenters. The van der Waals surface area contributed by atoms with Gasteiger partial charge in [0.25, 0.3) is 0 Å². The average molecular weight is 796 g/mol. The first-order valence-electron chi connectivity index (χ1n) is 20.7. The zero-order chi connectivity index (χ0) is 40.3. The van der Waals surface area contributed by atoms with Crippen LogP contribution < -0.4 is 4.90 Å². The summed E-state index contributed by atoms with van der Waals surface area (Å²) in [5, 5.41) is 7.10. The second-order valence-electron chi connectivity index (χ2n) is 15.6. The Bertz CT molecular complexity index is 3570. The van der Waals surface area contributed by atoms with Crippen molar-refractivity contribution in [1.82, 2.24) is 0 Å². The Morgan fingerprint density at radius 3 is 1.74 bits per heavy atom. The molecule has 2 aromatic heterocycles. The minimum atomic E-state index is 0.866. The van der Waals surface area contributed by atoms with Gasteiger partial charge in [-0.15, -0.1) is 11.3 Å². The number of anilines is 3. The fourth-order valence-electron chi connectivity index (χ4n) is 9.17. The molecule has 12 aromatic rings. The van der Waals surface area contributed by atoms with Crippen LogP contribution in [-0.2, 0) is 0 Å². The molecule has 0 bridgehead atoms. The third-order valence-electron chi connectivity index (χ3n) is 12.1. The van der Waals surface area contributed by atoms with E-state index in [1.54, 1.807) is 0 Å². The van der Waals surface area contributed by atoms with Gasteiger partial charge in [-0.2, -0.15) is 0 Å². The quantitative estimate of drug-likeness (QED) is 0.160. The Morgan fingerprint density at radius 1 is 0.361 bits per heavy atom. The Kier molecular flexibility index (Phi) is 8.39. The Balaban J connectivity index is 1.00. The molecule has 0 atom stereocenters. The molecule has 0 amide bonds. The first-order chi connectivity index (χ1) is 30.2. The fourth-order valence-corrected chi connectivity index (χ4v) is 10.4. The normalized spacial score (nSPS) is 11.6. The van der Waals surface area contributed by atoms with Crippen LogP contribution >= 0.6 is 11.3 Å². The highest BCUT2D eigenvalue weighted by atomic mass is 32.1. The van der Waals surface area contributed by atoms with Crippen LogP contribution in [0, 0.1) is 0 Å². The summed E-state index contributed by atoms with van der Waals surface area (Å²) in [5.41, 5.74) is 14.6. The van der Waals surface area contributed by atoms with Gasteiger partial charge in [0.05, 0.1) is 11.1 Å². The molecule has 0 aliphatic rings. The lowest BCUT2D eigenvalue weighted by atomic mass is 9.91. The van der Waals surface area contributed by atoms with Crippen LogP contribution in [0.4, 0.5) is 17.1 Å². The van der Waals surface area contributed by atoms with Crippen molar-refractivity contribution in [2.75, 3.05) is 4.90 Å². The van der Waals surface area contributed by atoms with Crippen molar-refractivity contribution in [3.63, 3.8) is 0 Å². The van der Waals surface area contributed by atoms with Gasteiger partial charge < -0.3 is 9.32 Å². The van der Waals surface area contributed by atoms with E-state index in [4.69, 9.17) is 4.42 Å².